The maximum atomic E-state index is 9.29. The van der Waals surface area contributed by atoms with Crippen molar-refractivity contribution < 1.29 is 0 Å². The molecule has 1 aliphatic rings. The highest BCUT2D eigenvalue weighted by atomic mass is 15.1. The minimum Gasteiger partial charge on any atom is -0.324 e. The Morgan fingerprint density at radius 2 is 2.22 bits per heavy atom. The fourth-order valence-corrected chi connectivity index (χ4v) is 3.11. The molecule has 1 heterocycles. The standard InChI is InChI=1S/C15H17N3/c1-2-15-17-12-7-3-4-8-14(12)18(15)13-9-5-6-11(13)10-16/h3-4,7-8,11,13H,2,5-6,9H2,1H3. The molecule has 0 aliphatic heterocycles. The van der Waals surface area contributed by atoms with Crippen LogP contribution >= 0.6 is 0 Å². The molecule has 0 spiro atoms. The molecule has 92 valence electrons. The fourth-order valence-electron chi connectivity index (χ4n) is 3.11. The molecule has 1 saturated carbocycles. The third kappa shape index (κ3) is 1.60. The van der Waals surface area contributed by atoms with Crippen LogP contribution in [0.15, 0.2) is 24.3 Å². The molecular formula is C15H17N3. The second-order valence-corrected chi connectivity index (χ2v) is 4.97. The number of para-hydroxylation sites is 2. The molecule has 2 unspecified atom stereocenters. The number of rotatable bonds is 2. The molecule has 1 aromatic heterocycles. The number of benzene rings is 1. The first-order valence-corrected chi connectivity index (χ1v) is 6.70. The molecule has 0 radical (unpaired) electrons. The molecular weight excluding hydrogens is 222 g/mol. The van der Waals surface area contributed by atoms with Gasteiger partial charge in [-0.15, -0.1) is 0 Å². The van der Waals surface area contributed by atoms with E-state index in [9.17, 15) is 5.26 Å². The van der Waals surface area contributed by atoms with Crippen LogP contribution in [0.2, 0.25) is 0 Å². The molecule has 3 nitrogen and oxygen atoms in total. The molecule has 1 aromatic carbocycles. The van der Waals surface area contributed by atoms with Crippen molar-refractivity contribution in [1.29, 1.82) is 5.26 Å². The van der Waals surface area contributed by atoms with Gasteiger partial charge in [0.25, 0.3) is 0 Å². The van der Waals surface area contributed by atoms with Gasteiger partial charge in [-0.05, 0) is 31.4 Å². The van der Waals surface area contributed by atoms with Crippen LogP contribution in [-0.2, 0) is 6.42 Å². The molecule has 2 atom stereocenters. The van der Waals surface area contributed by atoms with Gasteiger partial charge in [-0.2, -0.15) is 5.26 Å². The lowest BCUT2D eigenvalue weighted by molar-refractivity contribution is 0.447. The Morgan fingerprint density at radius 3 is 3.00 bits per heavy atom. The summed E-state index contributed by atoms with van der Waals surface area (Å²) in [5, 5.41) is 9.29. The maximum absolute atomic E-state index is 9.29. The summed E-state index contributed by atoms with van der Waals surface area (Å²) in [4.78, 5) is 4.70. The van der Waals surface area contributed by atoms with Gasteiger partial charge in [0.15, 0.2) is 0 Å². The van der Waals surface area contributed by atoms with Crippen molar-refractivity contribution in [3.63, 3.8) is 0 Å². The first-order valence-electron chi connectivity index (χ1n) is 6.70. The molecule has 2 aromatic rings. The minimum absolute atomic E-state index is 0.146. The highest BCUT2D eigenvalue weighted by Crippen LogP contribution is 2.38. The van der Waals surface area contributed by atoms with E-state index in [1.54, 1.807) is 0 Å². The first kappa shape index (κ1) is 11.3. The Morgan fingerprint density at radius 1 is 1.39 bits per heavy atom. The van der Waals surface area contributed by atoms with Gasteiger partial charge in [0.2, 0.25) is 0 Å². The van der Waals surface area contributed by atoms with Crippen LogP contribution in [0, 0.1) is 17.2 Å². The average molecular weight is 239 g/mol. The van der Waals surface area contributed by atoms with Crippen LogP contribution in [0.5, 0.6) is 0 Å². The van der Waals surface area contributed by atoms with Crippen molar-refractivity contribution in [2.45, 2.75) is 38.6 Å². The molecule has 0 amide bonds. The Labute approximate surface area is 107 Å². The van der Waals surface area contributed by atoms with Gasteiger partial charge in [0.05, 0.1) is 29.1 Å². The smallest absolute Gasteiger partial charge is 0.109 e. The summed E-state index contributed by atoms with van der Waals surface area (Å²) in [5.41, 5.74) is 2.24. The summed E-state index contributed by atoms with van der Waals surface area (Å²) >= 11 is 0. The van der Waals surface area contributed by atoms with Crippen molar-refractivity contribution >= 4 is 11.0 Å². The van der Waals surface area contributed by atoms with E-state index in [2.05, 4.69) is 35.8 Å². The third-order valence-corrected chi connectivity index (χ3v) is 3.96. The van der Waals surface area contributed by atoms with Crippen LogP contribution in [0.25, 0.3) is 11.0 Å². The van der Waals surface area contributed by atoms with Crippen LogP contribution in [-0.4, -0.2) is 9.55 Å². The maximum Gasteiger partial charge on any atom is 0.109 e. The summed E-state index contributed by atoms with van der Waals surface area (Å²) in [6, 6.07) is 11.0. The molecule has 3 heteroatoms. The highest BCUT2D eigenvalue weighted by Gasteiger charge is 2.30. The summed E-state index contributed by atoms with van der Waals surface area (Å²) in [6.07, 6.45) is 4.20. The summed E-state index contributed by atoms with van der Waals surface area (Å²) in [7, 11) is 0. The topological polar surface area (TPSA) is 41.6 Å². The SMILES string of the molecule is CCc1nc2ccccc2n1C1CCCC1C#N. The summed E-state index contributed by atoms with van der Waals surface area (Å²) in [5.74, 6) is 1.26. The second-order valence-electron chi connectivity index (χ2n) is 4.97. The van der Waals surface area contributed by atoms with Crippen LogP contribution in [0.3, 0.4) is 0 Å². The lowest BCUT2D eigenvalue weighted by Gasteiger charge is -2.19. The molecule has 0 bridgehead atoms. The van der Waals surface area contributed by atoms with Gasteiger partial charge in [0.1, 0.15) is 5.82 Å². The molecule has 18 heavy (non-hydrogen) atoms. The number of fused-ring (bicyclic) bond motifs is 1. The number of aromatic nitrogens is 2. The normalized spacial score (nSPS) is 23.3. The van der Waals surface area contributed by atoms with E-state index in [1.807, 2.05) is 6.07 Å². The van der Waals surface area contributed by atoms with Crippen molar-refractivity contribution in [3.05, 3.63) is 30.1 Å². The number of imidazole rings is 1. The largest absolute Gasteiger partial charge is 0.324 e. The fraction of sp³-hybridized carbons (Fsp3) is 0.467. The van der Waals surface area contributed by atoms with Crippen LogP contribution in [0.1, 0.15) is 38.1 Å². The van der Waals surface area contributed by atoms with Crippen molar-refractivity contribution in [2.75, 3.05) is 0 Å². The summed E-state index contributed by atoms with van der Waals surface area (Å²) < 4.78 is 2.32. The predicted molar refractivity (Wildman–Crippen MR) is 71.1 cm³/mol. The van der Waals surface area contributed by atoms with Gasteiger partial charge in [0, 0.05) is 6.42 Å². The van der Waals surface area contributed by atoms with Gasteiger partial charge in [-0.25, -0.2) is 4.98 Å². The molecule has 1 fully saturated rings. The zero-order valence-corrected chi connectivity index (χ0v) is 10.6. The lowest BCUT2D eigenvalue weighted by atomic mass is 10.1. The number of nitriles is 1. The number of hydrogen-bond acceptors (Lipinski definition) is 2. The van der Waals surface area contributed by atoms with E-state index >= 15 is 0 Å². The van der Waals surface area contributed by atoms with Gasteiger partial charge < -0.3 is 4.57 Å². The van der Waals surface area contributed by atoms with E-state index in [1.165, 1.54) is 5.52 Å². The van der Waals surface area contributed by atoms with E-state index in [-0.39, 0.29) is 5.92 Å². The molecule has 1 aliphatic carbocycles. The highest BCUT2D eigenvalue weighted by molar-refractivity contribution is 5.76. The van der Waals surface area contributed by atoms with Gasteiger partial charge in [-0.1, -0.05) is 19.1 Å². The van der Waals surface area contributed by atoms with Crippen molar-refractivity contribution in [2.24, 2.45) is 5.92 Å². The van der Waals surface area contributed by atoms with Crippen molar-refractivity contribution in [1.82, 2.24) is 9.55 Å². The van der Waals surface area contributed by atoms with E-state index in [4.69, 9.17) is 4.98 Å². The Bertz CT molecular complexity index is 606. The number of hydrogen-bond donors (Lipinski definition) is 0. The Kier molecular flexibility index (Phi) is 2.79. The first-order chi connectivity index (χ1) is 8.85. The molecule has 0 saturated heterocycles. The lowest BCUT2D eigenvalue weighted by Crippen LogP contribution is -2.15. The monoisotopic (exact) mass is 239 g/mol. The zero-order chi connectivity index (χ0) is 12.5. The quantitative estimate of drug-likeness (QED) is 0.805. The van der Waals surface area contributed by atoms with Gasteiger partial charge in [-0.3, -0.25) is 0 Å². The van der Waals surface area contributed by atoms with Crippen molar-refractivity contribution in [3.8, 4) is 6.07 Å². The second kappa shape index (κ2) is 4.45. The average Bonchev–Trinajstić information content (AvgIpc) is 3.01. The molecule has 0 N–H and O–H groups in total. The Hall–Kier alpha value is -1.82. The van der Waals surface area contributed by atoms with Crippen LogP contribution < -0.4 is 0 Å². The van der Waals surface area contributed by atoms with E-state index < -0.39 is 0 Å². The van der Waals surface area contributed by atoms with E-state index in [0.29, 0.717) is 6.04 Å². The van der Waals surface area contributed by atoms with E-state index in [0.717, 1.165) is 37.0 Å². The van der Waals surface area contributed by atoms with Crippen LogP contribution in [0.4, 0.5) is 0 Å². The zero-order valence-electron chi connectivity index (χ0n) is 10.6. The molecule has 3 rings (SSSR count). The van der Waals surface area contributed by atoms with Gasteiger partial charge >= 0.3 is 0 Å². The number of aryl methyl sites for hydroxylation is 1. The Balaban J connectivity index is 2.18. The third-order valence-electron chi connectivity index (χ3n) is 3.96. The summed E-state index contributed by atoms with van der Waals surface area (Å²) in [6.45, 7) is 2.13. The minimum atomic E-state index is 0.146. The predicted octanol–water partition coefficient (Wildman–Crippen LogP) is 3.46. The number of nitrogens with zero attached hydrogens (tertiary/aromatic N) is 3.